The van der Waals surface area contributed by atoms with Gasteiger partial charge in [0, 0.05) is 28.2 Å². The van der Waals surface area contributed by atoms with Crippen molar-refractivity contribution >= 4 is 34.2 Å². The molecule has 0 spiro atoms. The van der Waals surface area contributed by atoms with Crippen molar-refractivity contribution in [3.8, 4) is 22.8 Å². The molecule has 0 saturated heterocycles. The van der Waals surface area contributed by atoms with E-state index in [2.05, 4.69) is 20.4 Å². The van der Waals surface area contributed by atoms with Crippen LogP contribution in [0.4, 0.5) is 5.69 Å². The van der Waals surface area contributed by atoms with Gasteiger partial charge in [-0.2, -0.15) is 4.98 Å². The lowest BCUT2D eigenvalue weighted by Crippen LogP contribution is -2.22. The quantitative estimate of drug-likeness (QED) is 0.341. The van der Waals surface area contributed by atoms with Crippen LogP contribution >= 0.6 is 11.6 Å². The Balaban J connectivity index is 1.55. The minimum Gasteiger partial charge on any atom is -0.333 e. The highest BCUT2D eigenvalue weighted by atomic mass is 35.5. The number of rotatable bonds is 6. The van der Waals surface area contributed by atoms with E-state index in [-0.39, 0.29) is 29.3 Å². The Bertz CT molecular complexity index is 1640. The van der Waals surface area contributed by atoms with Gasteiger partial charge in [0.1, 0.15) is 17.8 Å². The van der Waals surface area contributed by atoms with Crippen molar-refractivity contribution in [1.29, 1.82) is 0 Å². The van der Waals surface area contributed by atoms with E-state index in [4.69, 9.17) is 16.1 Å². The molecule has 5 rings (SSSR count). The van der Waals surface area contributed by atoms with E-state index in [0.29, 0.717) is 27.4 Å². The fourth-order valence-electron chi connectivity index (χ4n) is 3.98. The molecule has 1 amide bonds. The van der Waals surface area contributed by atoms with Crippen LogP contribution in [0.15, 0.2) is 76.2 Å². The van der Waals surface area contributed by atoms with Gasteiger partial charge in [-0.15, -0.1) is 0 Å². The predicted octanol–water partition coefficient (Wildman–Crippen LogP) is 5.28. The predicted molar refractivity (Wildman–Crippen MR) is 139 cm³/mol. The number of pyridine rings is 2. The zero-order valence-corrected chi connectivity index (χ0v) is 20.4. The number of aryl methyl sites for hydroxylation is 2. The van der Waals surface area contributed by atoms with Gasteiger partial charge in [-0.25, -0.2) is 4.98 Å². The summed E-state index contributed by atoms with van der Waals surface area (Å²) in [5.41, 5.74) is 3.49. The maximum atomic E-state index is 13.3. The Kier molecular flexibility index (Phi) is 6.35. The molecule has 5 aromatic rings. The molecule has 3 heterocycles. The van der Waals surface area contributed by atoms with Crippen LogP contribution in [0.3, 0.4) is 0 Å². The van der Waals surface area contributed by atoms with E-state index in [0.717, 1.165) is 23.4 Å². The summed E-state index contributed by atoms with van der Waals surface area (Å²) < 4.78 is 7.08. The summed E-state index contributed by atoms with van der Waals surface area (Å²) in [4.78, 5) is 35.3. The van der Waals surface area contributed by atoms with E-state index in [1.165, 1.54) is 0 Å². The van der Waals surface area contributed by atoms with Crippen molar-refractivity contribution in [3.05, 3.63) is 93.4 Å². The number of nitrogens with one attached hydrogen (secondary N) is 1. The summed E-state index contributed by atoms with van der Waals surface area (Å²) in [5.74, 6) is 0.129. The van der Waals surface area contributed by atoms with Crippen LogP contribution in [-0.4, -0.2) is 25.6 Å². The number of hydrogen-bond acceptors (Lipinski definition) is 6. The molecule has 0 aliphatic heterocycles. The van der Waals surface area contributed by atoms with E-state index in [1.54, 1.807) is 47.2 Å². The molecule has 36 heavy (non-hydrogen) atoms. The number of halogens is 1. The van der Waals surface area contributed by atoms with Crippen molar-refractivity contribution < 1.29 is 9.32 Å². The van der Waals surface area contributed by atoms with E-state index < -0.39 is 0 Å². The van der Waals surface area contributed by atoms with Gasteiger partial charge in [0.2, 0.25) is 17.2 Å². The third kappa shape index (κ3) is 4.63. The Hall–Kier alpha value is -4.30. The van der Waals surface area contributed by atoms with E-state index in [9.17, 15) is 9.59 Å². The van der Waals surface area contributed by atoms with Gasteiger partial charge in [0.05, 0.1) is 5.39 Å². The van der Waals surface area contributed by atoms with Gasteiger partial charge >= 0.3 is 0 Å². The molecule has 2 aromatic carbocycles. The van der Waals surface area contributed by atoms with Crippen LogP contribution in [0.25, 0.3) is 33.9 Å². The molecule has 0 atom stereocenters. The van der Waals surface area contributed by atoms with E-state index >= 15 is 0 Å². The molecular formula is C27H22ClN5O3. The molecule has 3 aromatic heterocycles. The number of fused-ring (bicyclic) bond motifs is 1. The summed E-state index contributed by atoms with van der Waals surface area (Å²) >= 11 is 5.97. The number of carbonyl (C=O) groups excluding carboxylic acids is 1. The molecule has 1 N–H and O–H groups in total. The highest BCUT2D eigenvalue weighted by molar-refractivity contribution is 6.30. The lowest BCUT2D eigenvalue weighted by molar-refractivity contribution is -0.116. The molecule has 0 bridgehead atoms. The highest BCUT2D eigenvalue weighted by Crippen LogP contribution is 2.24. The second-order valence-electron chi connectivity index (χ2n) is 8.31. The fraction of sp³-hybridized carbons (Fsp3) is 0.148. The first-order valence-corrected chi connectivity index (χ1v) is 11.8. The zero-order valence-electron chi connectivity index (χ0n) is 19.7. The minimum atomic E-state index is -0.309. The third-order valence-corrected chi connectivity index (χ3v) is 6.06. The van der Waals surface area contributed by atoms with Gasteiger partial charge in [0.25, 0.3) is 5.89 Å². The topological polar surface area (TPSA) is 103 Å². The standard InChI is InChI=1S/C27H22ClN5O3/c1-3-17-6-4-5-7-22(17)30-23(34)15-33-14-21(24(35)20-13-8-16(2)29-26(20)33)27-31-25(32-36-27)18-9-11-19(28)12-10-18/h4-14H,3,15H2,1-2H3,(H,30,34). The number of hydrogen-bond donors (Lipinski definition) is 1. The average Bonchev–Trinajstić information content (AvgIpc) is 3.36. The van der Waals surface area contributed by atoms with Crippen LogP contribution in [0.2, 0.25) is 5.02 Å². The number of carbonyl (C=O) groups is 1. The lowest BCUT2D eigenvalue weighted by atomic mass is 10.1. The molecule has 0 radical (unpaired) electrons. The summed E-state index contributed by atoms with van der Waals surface area (Å²) in [6.07, 6.45) is 2.33. The number of amides is 1. The number of benzene rings is 2. The zero-order chi connectivity index (χ0) is 25.2. The smallest absolute Gasteiger partial charge is 0.263 e. The molecule has 0 fully saturated rings. The maximum Gasteiger partial charge on any atom is 0.263 e. The average molecular weight is 500 g/mol. The van der Waals surface area contributed by atoms with E-state index in [1.807, 2.05) is 38.1 Å². The number of anilines is 1. The molecule has 9 heteroatoms. The molecule has 8 nitrogen and oxygen atoms in total. The molecule has 0 aliphatic carbocycles. The van der Waals surface area contributed by atoms with Crippen molar-refractivity contribution in [2.75, 3.05) is 5.32 Å². The second-order valence-corrected chi connectivity index (χ2v) is 8.75. The molecule has 0 unspecified atom stereocenters. The molecule has 180 valence electrons. The van der Waals surface area contributed by atoms with Crippen LogP contribution in [-0.2, 0) is 17.8 Å². The minimum absolute atomic E-state index is 0.0536. The Labute approximate surface area is 211 Å². The fourth-order valence-corrected chi connectivity index (χ4v) is 4.10. The summed E-state index contributed by atoms with van der Waals surface area (Å²) in [5, 5.41) is 7.92. The Morgan fingerprint density at radius 3 is 2.61 bits per heavy atom. The van der Waals surface area contributed by atoms with Crippen LogP contribution in [0, 0.1) is 6.92 Å². The van der Waals surface area contributed by atoms with Crippen LogP contribution in [0.1, 0.15) is 18.2 Å². The number of nitrogens with zero attached hydrogens (tertiary/aromatic N) is 4. The highest BCUT2D eigenvalue weighted by Gasteiger charge is 2.19. The van der Waals surface area contributed by atoms with Gasteiger partial charge in [-0.3, -0.25) is 9.59 Å². The van der Waals surface area contributed by atoms with Crippen molar-refractivity contribution in [3.63, 3.8) is 0 Å². The SMILES string of the molecule is CCc1ccccc1NC(=O)Cn1cc(-c2nc(-c3ccc(Cl)cc3)no2)c(=O)c2ccc(C)nc21. The second kappa shape index (κ2) is 9.75. The maximum absolute atomic E-state index is 13.3. The number of para-hydroxylation sites is 1. The van der Waals surface area contributed by atoms with Crippen molar-refractivity contribution in [1.82, 2.24) is 19.7 Å². The molecule has 0 saturated carbocycles. The lowest BCUT2D eigenvalue weighted by Gasteiger charge is -2.14. The van der Waals surface area contributed by atoms with Crippen molar-refractivity contribution in [2.45, 2.75) is 26.8 Å². The van der Waals surface area contributed by atoms with Crippen LogP contribution in [0.5, 0.6) is 0 Å². The molecule has 0 aliphatic rings. The first kappa shape index (κ1) is 23.4. The van der Waals surface area contributed by atoms with Gasteiger partial charge in [-0.1, -0.05) is 41.9 Å². The first-order valence-electron chi connectivity index (χ1n) is 11.4. The summed E-state index contributed by atoms with van der Waals surface area (Å²) in [6.45, 7) is 3.80. The van der Waals surface area contributed by atoms with Gasteiger partial charge in [-0.05, 0) is 61.4 Å². The largest absolute Gasteiger partial charge is 0.333 e. The van der Waals surface area contributed by atoms with Crippen molar-refractivity contribution in [2.24, 2.45) is 0 Å². The van der Waals surface area contributed by atoms with Crippen LogP contribution < -0.4 is 10.7 Å². The summed E-state index contributed by atoms with van der Waals surface area (Å²) in [6, 6.07) is 18.1. The number of aromatic nitrogens is 4. The first-order chi connectivity index (χ1) is 17.4. The van der Waals surface area contributed by atoms with Gasteiger partial charge < -0.3 is 14.4 Å². The third-order valence-electron chi connectivity index (χ3n) is 5.81. The Morgan fingerprint density at radius 2 is 1.83 bits per heavy atom. The Morgan fingerprint density at radius 1 is 1.06 bits per heavy atom. The summed E-state index contributed by atoms with van der Waals surface area (Å²) in [7, 11) is 0. The monoisotopic (exact) mass is 499 g/mol. The molecular weight excluding hydrogens is 478 g/mol. The normalized spacial score (nSPS) is 11.1. The van der Waals surface area contributed by atoms with Gasteiger partial charge in [0.15, 0.2) is 0 Å².